The molecule has 0 saturated heterocycles. The number of anilines is 1. The van der Waals surface area contributed by atoms with Crippen LogP contribution in [0.25, 0.3) is 0 Å². The Morgan fingerprint density at radius 2 is 1.79 bits per heavy atom. The predicted molar refractivity (Wildman–Crippen MR) is 95.1 cm³/mol. The molecule has 124 valence electrons. The van der Waals surface area contributed by atoms with Gasteiger partial charge in [0.1, 0.15) is 5.75 Å². The fraction of sp³-hybridized carbons (Fsp3) is 0.250. The molecule has 0 aromatic heterocycles. The van der Waals surface area contributed by atoms with Crippen LogP contribution in [0.3, 0.4) is 0 Å². The molecule has 24 heavy (non-hydrogen) atoms. The highest BCUT2D eigenvalue weighted by molar-refractivity contribution is 5.83. The van der Waals surface area contributed by atoms with Crippen molar-refractivity contribution in [1.82, 2.24) is 0 Å². The molecule has 0 aliphatic rings. The Morgan fingerprint density at radius 1 is 1.12 bits per heavy atom. The molecule has 2 aromatic rings. The van der Waals surface area contributed by atoms with Crippen LogP contribution in [0.5, 0.6) is 5.75 Å². The highest BCUT2D eigenvalue weighted by atomic mass is 16.5. The van der Waals surface area contributed by atoms with Gasteiger partial charge in [0.25, 0.3) is 0 Å². The minimum atomic E-state index is -0.736. The second-order valence-corrected chi connectivity index (χ2v) is 5.19. The van der Waals surface area contributed by atoms with E-state index < -0.39 is 12.0 Å². The molecular weight excluding hydrogens is 302 g/mol. The number of aryl methyl sites for hydroxylation is 1. The Hall–Kier alpha value is -2.93. The zero-order valence-electron chi connectivity index (χ0n) is 14.1. The van der Waals surface area contributed by atoms with E-state index in [2.05, 4.69) is 17.2 Å². The average Bonchev–Trinajstić information content (AvgIpc) is 2.60. The van der Waals surface area contributed by atoms with Gasteiger partial charge in [-0.15, -0.1) is 0 Å². The van der Waals surface area contributed by atoms with Gasteiger partial charge in [0.2, 0.25) is 0 Å². The lowest BCUT2D eigenvalue weighted by molar-refractivity contribution is -0.142. The largest absolute Gasteiger partial charge is 0.497 e. The standard InChI is InChI=1S/C20H21NO3/c1-4-24-20(22)19(14-9-16-7-5-15(2)6-8-16)21-17-10-12-18(23-3)13-11-17/h5-8,10-13,19,21H,4H2,1-3H3/t19-/m1/s1. The number of benzene rings is 2. The van der Waals surface area contributed by atoms with Crippen molar-refractivity contribution in [3.8, 4) is 17.6 Å². The Labute approximate surface area is 142 Å². The van der Waals surface area contributed by atoms with Crippen molar-refractivity contribution in [3.63, 3.8) is 0 Å². The van der Waals surface area contributed by atoms with Crippen molar-refractivity contribution in [2.24, 2.45) is 0 Å². The summed E-state index contributed by atoms with van der Waals surface area (Å²) in [4.78, 5) is 12.1. The fourth-order valence-corrected chi connectivity index (χ4v) is 2.03. The lowest BCUT2D eigenvalue weighted by atomic mass is 10.1. The number of rotatable bonds is 5. The molecule has 0 aliphatic heterocycles. The number of methoxy groups -OCH3 is 1. The molecule has 0 radical (unpaired) electrons. The molecule has 1 N–H and O–H groups in total. The summed E-state index contributed by atoms with van der Waals surface area (Å²) in [5.41, 5.74) is 2.79. The monoisotopic (exact) mass is 323 g/mol. The molecule has 2 aromatic carbocycles. The van der Waals surface area contributed by atoms with Crippen LogP contribution in [0, 0.1) is 18.8 Å². The quantitative estimate of drug-likeness (QED) is 0.677. The summed E-state index contributed by atoms with van der Waals surface area (Å²) in [5, 5.41) is 3.09. The number of ether oxygens (including phenoxy) is 2. The molecule has 0 fully saturated rings. The van der Waals surface area contributed by atoms with Crippen molar-refractivity contribution in [2.75, 3.05) is 19.0 Å². The minimum absolute atomic E-state index is 0.311. The Morgan fingerprint density at radius 3 is 2.38 bits per heavy atom. The predicted octanol–water partition coefficient (Wildman–Crippen LogP) is 3.40. The molecule has 4 heteroatoms. The summed E-state index contributed by atoms with van der Waals surface area (Å²) in [6.45, 7) is 4.10. The van der Waals surface area contributed by atoms with Gasteiger partial charge < -0.3 is 14.8 Å². The highest BCUT2D eigenvalue weighted by Gasteiger charge is 2.17. The first kappa shape index (κ1) is 17.4. The van der Waals surface area contributed by atoms with E-state index in [-0.39, 0.29) is 0 Å². The third-order valence-corrected chi connectivity index (χ3v) is 3.34. The second kappa shape index (κ2) is 8.64. The lowest BCUT2D eigenvalue weighted by Crippen LogP contribution is -2.30. The first-order valence-electron chi connectivity index (χ1n) is 7.78. The van der Waals surface area contributed by atoms with Crippen LogP contribution >= 0.6 is 0 Å². The number of hydrogen-bond donors (Lipinski definition) is 1. The number of esters is 1. The zero-order chi connectivity index (χ0) is 17.4. The second-order valence-electron chi connectivity index (χ2n) is 5.19. The molecule has 1 atom stereocenters. The van der Waals surface area contributed by atoms with E-state index in [1.807, 2.05) is 55.5 Å². The highest BCUT2D eigenvalue weighted by Crippen LogP contribution is 2.16. The Balaban J connectivity index is 2.18. The van der Waals surface area contributed by atoms with Gasteiger partial charge in [-0.2, -0.15) is 0 Å². The summed E-state index contributed by atoms with van der Waals surface area (Å²) in [6.07, 6.45) is 0. The van der Waals surface area contributed by atoms with E-state index in [0.717, 1.165) is 17.0 Å². The van der Waals surface area contributed by atoms with Gasteiger partial charge in [0.15, 0.2) is 6.04 Å². The molecule has 0 heterocycles. The van der Waals surface area contributed by atoms with Gasteiger partial charge >= 0.3 is 5.97 Å². The average molecular weight is 323 g/mol. The van der Waals surface area contributed by atoms with Crippen LogP contribution < -0.4 is 10.1 Å². The molecule has 4 nitrogen and oxygen atoms in total. The number of carbonyl (C=O) groups is 1. The third-order valence-electron chi connectivity index (χ3n) is 3.34. The van der Waals surface area contributed by atoms with E-state index >= 15 is 0 Å². The first-order chi connectivity index (χ1) is 11.6. The topological polar surface area (TPSA) is 47.6 Å². The molecule has 0 amide bonds. The van der Waals surface area contributed by atoms with Crippen LogP contribution in [-0.4, -0.2) is 25.7 Å². The third kappa shape index (κ3) is 5.06. The van der Waals surface area contributed by atoms with Crippen molar-refractivity contribution < 1.29 is 14.3 Å². The molecule has 0 bridgehead atoms. The molecule has 0 saturated carbocycles. The Bertz CT molecular complexity index is 724. The van der Waals surface area contributed by atoms with E-state index in [9.17, 15) is 4.79 Å². The maximum atomic E-state index is 12.1. The summed E-state index contributed by atoms with van der Waals surface area (Å²) in [6, 6.07) is 14.4. The van der Waals surface area contributed by atoms with Gasteiger partial charge in [-0.3, -0.25) is 0 Å². The Kier molecular flexibility index (Phi) is 6.27. The SMILES string of the molecule is CCOC(=O)[C@@H](C#Cc1ccc(C)cc1)Nc1ccc(OC)cc1. The lowest BCUT2D eigenvalue weighted by Gasteiger charge is -2.13. The zero-order valence-corrected chi connectivity index (χ0v) is 14.1. The van der Waals surface area contributed by atoms with Gasteiger partial charge in [-0.1, -0.05) is 29.5 Å². The van der Waals surface area contributed by atoms with Crippen LogP contribution in [0.4, 0.5) is 5.69 Å². The van der Waals surface area contributed by atoms with Gasteiger partial charge in [0.05, 0.1) is 13.7 Å². The van der Waals surface area contributed by atoms with Crippen LogP contribution in [-0.2, 0) is 9.53 Å². The van der Waals surface area contributed by atoms with E-state index in [0.29, 0.717) is 6.61 Å². The smallest absolute Gasteiger partial charge is 0.341 e. The van der Waals surface area contributed by atoms with Crippen molar-refractivity contribution in [3.05, 3.63) is 59.7 Å². The molecular formula is C20H21NO3. The molecule has 0 aliphatic carbocycles. The molecule has 0 spiro atoms. The van der Waals surface area contributed by atoms with Crippen molar-refractivity contribution in [1.29, 1.82) is 0 Å². The fourth-order valence-electron chi connectivity index (χ4n) is 2.03. The van der Waals surface area contributed by atoms with Gasteiger partial charge in [-0.25, -0.2) is 4.79 Å². The number of nitrogens with one attached hydrogen (secondary N) is 1. The van der Waals surface area contributed by atoms with E-state index in [1.54, 1.807) is 14.0 Å². The number of carbonyl (C=O) groups excluding carboxylic acids is 1. The van der Waals surface area contributed by atoms with Gasteiger partial charge in [0, 0.05) is 11.3 Å². The van der Waals surface area contributed by atoms with Crippen LogP contribution in [0.1, 0.15) is 18.1 Å². The summed E-state index contributed by atoms with van der Waals surface area (Å²) >= 11 is 0. The van der Waals surface area contributed by atoms with Crippen molar-refractivity contribution >= 4 is 11.7 Å². The first-order valence-corrected chi connectivity index (χ1v) is 7.78. The maximum Gasteiger partial charge on any atom is 0.341 e. The van der Waals surface area contributed by atoms with E-state index in [1.165, 1.54) is 5.56 Å². The van der Waals surface area contributed by atoms with Gasteiger partial charge in [-0.05, 0) is 50.2 Å². The van der Waals surface area contributed by atoms with E-state index in [4.69, 9.17) is 9.47 Å². The summed E-state index contributed by atoms with van der Waals surface area (Å²) in [5.74, 6) is 6.32. The maximum absolute atomic E-state index is 12.1. The normalized spacial score (nSPS) is 11.0. The molecule has 0 unspecified atom stereocenters. The summed E-state index contributed by atoms with van der Waals surface area (Å²) < 4.78 is 10.2. The van der Waals surface area contributed by atoms with Crippen molar-refractivity contribution in [2.45, 2.75) is 19.9 Å². The van der Waals surface area contributed by atoms with Crippen LogP contribution in [0.2, 0.25) is 0 Å². The van der Waals surface area contributed by atoms with Crippen LogP contribution in [0.15, 0.2) is 48.5 Å². The number of hydrogen-bond acceptors (Lipinski definition) is 4. The minimum Gasteiger partial charge on any atom is -0.497 e. The summed E-state index contributed by atoms with van der Waals surface area (Å²) in [7, 11) is 1.61. The molecule has 2 rings (SSSR count).